The van der Waals surface area contributed by atoms with Crippen molar-refractivity contribution in [3.63, 3.8) is 0 Å². The monoisotopic (exact) mass is 264 g/mol. The van der Waals surface area contributed by atoms with E-state index in [1.807, 2.05) is 12.1 Å². The predicted octanol–water partition coefficient (Wildman–Crippen LogP) is 1.69. The lowest BCUT2D eigenvalue weighted by Crippen LogP contribution is -2.35. The summed E-state index contributed by atoms with van der Waals surface area (Å²) in [5.41, 5.74) is 7.80. The quantitative estimate of drug-likeness (QED) is 0.899. The molecule has 1 saturated carbocycles. The first kappa shape index (κ1) is 13.0. The summed E-state index contributed by atoms with van der Waals surface area (Å²) in [6.45, 7) is 3.92. The van der Waals surface area contributed by atoms with Gasteiger partial charge in [0.1, 0.15) is 5.82 Å². The van der Waals surface area contributed by atoms with Crippen molar-refractivity contribution < 1.29 is 9.13 Å². The van der Waals surface area contributed by atoms with Crippen LogP contribution >= 0.6 is 0 Å². The molecular weight excluding hydrogens is 243 g/mol. The third-order valence-corrected chi connectivity index (χ3v) is 4.06. The van der Waals surface area contributed by atoms with E-state index in [0.29, 0.717) is 6.54 Å². The first-order valence-corrected chi connectivity index (χ1v) is 7.01. The van der Waals surface area contributed by atoms with E-state index in [2.05, 4.69) is 4.90 Å². The van der Waals surface area contributed by atoms with E-state index >= 15 is 0 Å². The van der Waals surface area contributed by atoms with Gasteiger partial charge in [0.2, 0.25) is 0 Å². The van der Waals surface area contributed by atoms with Gasteiger partial charge in [-0.15, -0.1) is 0 Å². The number of morpholine rings is 1. The van der Waals surface area contributed by atoms with Crippen LogP contribution in [0.25, 0.3) is 0 Å². The fourth-order valence-electron chi connectivity index (χ4n) is 2.57. The van der Waals surface area contributed by atoms with Gasteiger partial charge in [-0.3, -0.25) is 4.90 Å². The van der Waals surface area contributed by atoms with Crippen molar-refractivity contribution >= 4 is 0 Å². The van der Waals surface area contributed by atoms with Gasteiger partial charge in [0.05, 0.1) is 13.2 Å². The molecule has 2 N–H and O–H groups in total. The molecule has 0 radical (unpaired) electrons. The first-order valence-electron chi connectivity index (χ1n) is 7.01. The van der Waals surface area contributed by atoms with Gasteiger partial charge < -0.3 is 10.5 Å². The van der Waals surface area contributed by atoms with Crippen LogP contribution in [-0.2, 0) is 17.7 Å². The van der Waals surface area contributed by atoms with Crippen LogP contribution in [0, 0.1) is 5.82 Å². The SMILES string of the molecule is NC1(Cc2ccc(CN3CCOCC3)c(F)c2)CC1. The molecule has 1 aromatic carbocycles. The summed E-state index contributed by atoms with van der Waals surface area (Å²) in [4.78, 5) is 2.23. The zero-order valence-corrected chi connectivity index (χ0v) is 11.2. The third kappa shape index (κ3) is 3.32. The lowest BCUT2D eigenvalue weighted by Gasteiger charge is -2.26. The van der Waals surface area contributed by atoms with Gasteiger partial charge in [-0.2, -0.15) is 0 Å². The second kappa shape index (κ2) is 5.19. The normalized spacial score (nSPS) is 22.4. The molecule has 0 amide bonds. The minimum Gasteiger partial charge on any atom is -0.379 e. The summed E-state index contributed by atoms with van der Waals surface area (Å²) in [6.07, 6.45) is 2.91. The number of ether oxygens (including phenoxy) is 1. The van der Waals surface area contributed by atoms with Crippen molar-refractivity contribution in [2.45, 2.75) is 31.3 Å². The van der Waals surface area contributed by atoms with Gasteiger partial charge in [-0.25, -0.2) is 4.39 Å². The van der Waals surface area contributed by atoms with Crippen LogP contribution in [0.4, 0.5) is 4.39 Å². The van der Waals surface area contributed by atoms with Crippen LogP contribution in [0.1, 0.15) is 24.0 Å². The Kier molecular flexibility index (Phi) is 3.56. The van der Waals surface area contributed by atoms with Crippen LogP contribution in [0.15, 0.2) is 18.2 Å². The van der Waals surface area contributed by atoms with E-state index < -0.39 is 0 Å². The maximum Gasteiger partial charge on any atom is 0.127 e. The maximum absolute atomic E-state index is 14.1. The van der Waals surface area contributed by atoms with Gasteiger partial charge in [-0.05, 0) is 30.9 Å². The lowest BCUT2D eigenvalue weighted by atomic mass is 10.0. The Morgan fingerprint density at radius 2 is 2.00 bits per heavy atom. The molecule has 3 rings (SSSR count). The van der Waals surface area contributed by atoms with Crippen molar-refractivity contribution in [2.75, 3.05) is 26.3 Å². The molecular formula is C15H21FN2O. The molecule has 1 aliphatic carbocycles. The average molecular weight is 264 g/mol. The molecule has 1 saturated heterocycles. The molecule has 1 heterocycles. The second-order valence-corrected chi connectivity index (χ2v) is 5.85. The van der Waals surface area contributed by atoms with Gasteiger partial charge in [0.15, 0.2) is 0 Å². The van der Waals surface area contributed by atoms with Crippen molar-refractivity contribution in [3.8, 4) is 0 Å². The summed E-state index contributed by atoms with van der Waals surface area (Å²) in [5, 5.41) is 0. The Hall–Kier alpha value is -0.970. The van der Waals surface area contributed by atoms with E-state index in [1.165, 1.54) is 0 Å². The summed E-state index contributed by atoms with van der Waals surface area (Å²) >= 11 is 0. The zero-order chi connectivity index (χ0) is 13.3. The summed E-state index contributed by atoms with van der Waals surface area (Å²) < 4.78 is 19.4. The van der Waals surface area contributed by atoms with Gasteiger partial charge in [0, 0.05) is 30.7 Å². The van der Waals surface area contributed by atoms with Crippen molar-refractivity contribution in [1.82, 2.24) is 4.90 Å². The first-order chi connectivity index (χ1) is 9.15. The van der Waals surface area contributed by atoms with Gasteiger partial charge >= 0.3 is 0 Å². The molecule has 1 aliphatic heterocycles. The Morgan fingerprint density at radius 1 is 1.26 bits per heavy atom. The number of nitrogens with zero attached hydrogens (tertiary/aromatic N) is 1. The number of hydrogen-bond donors (Lipinski definition) is 1. The molecule has 1 aromatic rings. The van der Waals surface area contributed by atoms with E-state index in [0.717, 1.165) is 56.7 Å². The van der Waals surface area contributed by atoms with Crippen LogP contribution < -0.4 is 5.73 Å². The maximum atomic E-state index is 14.1. The topological polar surface area (TPSA) is 38.5 Å². The van der Waals surface area contributed by atoms with Gasteiger partial charge in [-0.1, -0.05) is 12.1 Å². The highest BCUT2D eigenvalue weighted by molar-refractivity contribution is 5.27. The zero-order valence-electron chi connectivity index (χ0n) is 11.2. The predicted molar refractivity (Wildman–Crippen MR) is 72.4 cm³/mol. The number of halogens is 1. The fraction of sp³-hybridized carbons (Fsp3) is 0.600. The standard InChI is InChI=1S/C15H21FN2O/c16-14-9-12(10-15(17)3-4-15)1-2-13(14)11-18-5-7-19-8-6-18/h1-2,9H,3-8,10-11,17H2. The van der Waals surface area contributed by atoms with E-state index in [4.69, 9.17) is 10.5 Å². The molecule has 19 heavy (non-hydrogen) atoms. The van der Waals surface area contributed by atoms with E-state index in [-0.39, 0.29) is 11.4 Å². The average Bonchev–Trinajstić information content (AvgIpc) is 3.12. The van der Waals surface area contributed by atoms with Crippen molar-refractivity contribution in [3.05, 3.63) is 35.1 Å². The lowest BCUT2D eigenvalue weighted by molar-refractivity contribution is 0.0337. The molecule has 3 nitrogen and oxygen atoms in total. The van der Waals surface area contributed by atoms with Crippen LogP contribution in [0.2, 0.25) is 0 Å². The molecule has 2 aliphatic rings. The van der Waals surface area contributed by atoms with Gasteiger partial charge in [0.25, 0.3) is 0 Å². The summed E-state index contributed by atoms with van der Waals surface area (Å²) in [5.74, 6) is -0.103. The summed E-state index contributed by atoms with van der Waals surface area (Å²) in [7, 11) is 0. The molecule has 0 atom stereocenters. The van der Waals surface area contributed by atoms with E-state index in [1.54, 1.807) is 6.07 Å². The molecule has 0 unspecified atom stereocenters. The molecule has 0 bridgehead atoms. The highest BCUT2D eigenvalue weighted by atomic mass is 19.1. The largest absolute Gasteiger partial charge is 0.379 e. The third-order valence-electron chi connectivity index (χ3n) is 4.06. The minimum absolute atomic E-state index is 0.0574. The highest BCUT2D eigenvalue weighted by Gasteiger charge is 2.38. The Balaban J connectivity index is 1.65. The fourth-order valence-corrected chi connectivity index (χ4v) is 2.57. The van der Waals surface area contributed by atoms with Crippen LogP contribution in [0.3, 0.4) is 0 Å². The van der Waals surface area contributed by atoms with Crippen molar-refractivity contribution in [2.24, 2.45) is 5.73 Å². The molecule has 104 valence electrons. The Bertz CT molecular complexity index is 453. The molecule has 0 spiro atoms. The number of hydrogen-bond acceptors (Lipinski definition) is 3. The highest BCUT2D eigenvalue weighted by Crippen LogP contribution is 2.35. The Labute approximate surface area is 113 Å². The van der Waals surface area contributed by atoms with Crippen LogP contribution in [-0.4, -0.2) is 36.7 Å². The van der Waals surface area contributed by atoms with Crippen molar-refractivity contribution in [1.29, 1.82) is 0 Å². The molecule has 4 heteroatoms. The minimum atomic E-state index is -0.103. The smallest absolute Gasteiger partial charge is 0.127 e. The Morgan fingerprint density at radius 3 is 2.63 bits per heavy atom. The van der Waals surface area contributed by atoms with Crippen LogP contribution in [0.5, 0.6) is 0 Å². The number of rotatable bonds is 4. The second-order valence-electron chi connectivity index (χ2n) is 5.85. The molecule has 2 fully saturated rings. The number of benzene rings is 1. The molecule has 0 aromatic heterocycles. The summed E-state index contributed by atoms with van der Waals surface area (Å²) in [6, 6.07) is 5.58. The van der Waals surface area contributed by atoms with E-state index in [9.17, 15) is 4.39 Å². The number of nitrogens with two attached hydrogens (primary N) is 1.